The number of nitrogen functional groups attached to an aromatic ring is 1. The molecule has 21 heavy (non-hydrogen) atoms. The first-order valence-corrected chi connectivity index (χ1v) is 7.03. The average Bonchev–Trinajstić information content (AvgIpc) is 2.87. The minimum atomic E-state index is -0.0468. The van der Waals surface area contributed by atoms with Crippen molar-refractivity contribution in [1.29, 1.82) is 0 Å². The van der Waals surface area contributed by atoms with Gasteiger partial charge in [0, 0.05) is 24.3 Å². The Kier molecular flexibility index (Phi) is 3.58. The molecule has 2 aromatic rings. The maximum Gasteiger partial charge on any atom is 0.259 e. The number of hydrogen-bond donors (Lipinski definition) is 2. The molecule has 0 spiro atoms. The van der Waals surface area contributed by atoms with E-state index in [2.05, 4.69) is 11.1 Å². The second-order valence-electron chi connectivity index (χ2n) is 5.22. The van der Waals surface area contributed by atoms with Gasteiger partial charge in [0.15, 0.2) is 0 Å². The van der Waals surface area contributed by atoms with Gasteiger partial charge in [-0.3, -0.25) is 4.79 Å². The fraction of sp³-hybridized carbons (Fsp3) is 0.250. The van der Waals surface area contributed by atoms with Crippen LogP contribution in [0.25, 0.3) is 0 Å². The quantitative estimate of drug-likeness (QED) is 0.898. The predicted molar refractivity (Wildman–Crippen MR) is 83.2 cm³/mol. The van der Waals surface area contributed by atoms with Crippen molar-refractivity contribution in [1.82, 2.24) is 4.98 Å². The third kappa shape index (κ3) is 2.48. The van der Waals surface area contributed by atoms with Gasteiger partial charge in [-0.15, -0.1) is 0 Å². The molecule has 0 saturated heterocycles. The number of nitrogens with two attached hydrogens (primary N) is 2. The van der Waals surface area contributed by atoms with E-state index in [4.69, 9.17) is 11.5 Å². The summed E-state index contributed by atoms with van der Waals surface area (Å²) in [5.74, 6) is 0.667. The van der Waals surface area contributed by atoms with Crippen LogP contribution in [0.2, 0.25) is 0 Å². The molecular formula is C16H18N4O. The van der Waals surface area contributed by atoms with Crippen LogP contribution in [0, 0.1) is 0 Å². The second-order valence-corrected chi connectivity index (χ2v) is 5.22. The van der Waals surface area contributed by atoms with Gasteiger partial charge in [-0.1, -0.05) is 18.2 Å². The third-order valence-electron chi connectivity index (χ3n) is 3.86. The first-order valence-electron chi connectivity index (χ1n) is 7.03. The molecule has 1 aromatic carbocycles. The summed E-state index contributed by atoms with van der Waals surface area (Å²) in [6.07, 6.45) is 2.40. The lowest BCUT2D eigenvalue weighted by molar-refractivity contribution is 0.0987. The number of rotatable bonds is 3. The van der Waals surface area contributed by atoms with E-state index in [1.165, 1.54) is 11.8 Å². The van der Waals surface area contributed by atoms with E-state index >= 15 is 0 Å². The van der Waals surface area contributed by atoms with Crippen LogP contribution < -0.4 is 16.4 Å². The molecule has 1 aliphatic heterocycles. The van der Waals surface area contributed by atoms with Gasteiger partial charge in [0.05, 0.1) is 5.56 Å². The Labute approximate surface area is 123 Å². The number of pyridine rings is 1. The number of fused-ring (bicyclic) bond motifs is 1. The lowest BCUT2D eigenvalue weighted by Crippen LogP contribution is -2.30. The SMILES string of the molecule is NCCC1CN(C(=O)c2ccc(N)nc2)c2ccccc21. The van der Waals surface area contributed by atoms with Crippen molar-refractivity contribution in [3.05, 3.63) is 53.7 Å². The topological polar surface area (TPSA) is 85.2 Å². The Morgan fingerprint density at radius 2 is 2.10 bits per heavy atom. The number of nitrogens with zero attached hydrogens (tertiary/aromatic N) is 2. The second kappa shape index (κ2) is 5.54. The summed E-state index contributed by atoms with van der Waals surface area (Å²) < 4.78 is 0. The highest BCUT2D eigenvalue weighted by atomic mass is 16.2. The monoisotopic (exact) mass is 282 g/mol. The fourth-order valence-corrected chi connectivity index (χ4v) is 2.82. The smallest absolute Gasteiger partial charge is 0.259 e. The maximum absolute atomic E-state index is 12.7. The van der Waals surface area contributed by atoms with Crippen LogP contribution in [0.4, 0.5) is 11.5 Å². The van der Waals surface area contributed by atoms with Crippen molar-refractivity contribution in [2.45, 2.75) is 12.3 Å². The van der Waals surface area contributed by atoms with Crippen LogP contribution in [0.3, 0.4) is 0 Å². The van der Waals surface area contributed by atoms with Gasteiger partial charge < -0.3 is 16.4 Å². The van der Waals surface area contributed by atoms with Crippen molar-refractivity contribution >= 4 is 17.4 Å². The standard InChI is InChI=1S/C16H18N4O/c17-8-7-12-10-20(14-4-2-1-3-13(12)14)16(21)11-5-6-15(18)19-9-11/h1-6,9,12H,7-8,10,17H2,(H2,18,19). The lowest BCUT2D eigenvalue weighted by atomic mass is 9.98. The van der Waals surface area contributed by atoms with Crippen molar-refractivity contribution in [3.63, 3.8) is 0 Å². The molecule has 1 aliphatic rings. The first kappa shape index (κ1) is 13.6. The minimum absolute atomic E-state index is 0.0468. The zero-order valence-corrected chi connectivity index (χ0v) is 11.7. The maximum atomic E-state index is 12.7. The molecule has 1 aromatic heterocycles. The van der Waals surface area contributed by atoms with Crippen LogP contribution in [-0.2, 0) is 0 Å². The van der Waals surface area contributed by atoms with Crippen LogP contribution in [-0.4, -0.2) is 24.0 Å². The Morgan fingerprint density at radius 3 is 2.81 bits per heavy atom. The van der Waals surface area contributed by atoms with E-state index < -0.39 is 0 Å². The number of benzene rings is 1. The highest BCUT2D eigenvalue weighted by molar-refractivity contribution is 6.07. The van der Waals surface area contributed by atoms with Gasteiger partial charge in [0.25, 0.3) is 5.91 Å². The van der Waals surface area contributed by atoms with Gasteiger partial charge in [0.1, 0.15) is 5.82 Å². The highest BCUT2D eigenvalue weighted by Gasteiger charge is 2.32. The average molecular weight is 282 g/mol. The fourth-order valence-electron chi connectivity index (χ4n) is 2.82. The molecule has 1 unspecified atom stereocenters. The summed E-state index contributed by atoms with van der Waals surface area (Å²) in [5, 5.41) is 0. The van der Waals surface area contributed by atoms with E-state index in [1.807, 2.05) is 23.1 Å². The number of para-hydroxylation sites is 1. The number of anilines is 2. The van der Waals surface area contributed by atoms with Crippen LogP contribution in [0.15, 0.2) is 42.6 Å². The molecule has 0 aliphatic carbocycles. The molecule has 0 bridgehead atoms. The van der Waals surface area contributed by atoms with Crippen LogP contribution >= 0.6 is 0 Å². The summed E-state index contributed by atoms with van der Waals surface area (Å²) in [6.45, 7) is 1.28. The van der Waals surface area contributed by atoms with Gasteiger partial charge in [-0.05, 0) is 36.7 Å². The Balaban J connectivity index is 1.92. The zero-order valence-electron chi connectivity index (χ0n) is 11.7. The molecule has 5 heteroatoms. The summed E-state index contributed by atoms with van der Waals surface area (Å²) in [4.78, 5) is 18.5. The van der Waals surface area contributed by atoms with Gasteiger partial charge in [0.2, 0.25) is 0 Å². The first-order chi connectivity index (χ1) is 10.2. The van der Waals surface area contributed by atoms with Crippen LogP contribution in [0.1, 0.15) is 28.3 Å². The molecule has 5 nitrogen and oxygen atoms in total. The number of amides is 1. The highest BCUT2D eigenvalue weighted by Crippen LogP contribution is 2.38. The molecule has 0 radical (unpaired) electrons. The van der Waals surface area contributed by atoms with E-state index in [1.54, 1.807) is 12.1 Å². The van der Waals surface area contributed by atoms with Crippen molar-refractivity contribution in [2.75, 3.05) is 23.7 Å². The summed E-state index contributed by atoms with van der Waals surface area (Å²) in [6, 6.07) is 11.4. The number of hydrogen-bond acceptors (Lipinski definition) is 4. The Hall–Kier alpha value is -2.40. The minimum Gasteiger partial charge on any atom is -0.384 e. The largest absolute Gasteiger partial charge is 0.384 e. The van der Waals surface area contributed by atoms with Gasteiger partial charge >= 0.3 is 0 Å². The lowest BCUT2D eigenvalue weighted by Gasteiger charge is -2.17. The molecule has 1 atom stereocenters. The van der Waals surface area contributed by atoms with Crippen molar-refractivity contribution in [3.8, 4) is 0 Å². The molecule has 0 fully saturated rings. The molecule has 0 saturated carbocycles. The van der Waals surface area contributed by atoms with E-state index in [0.717, 1.165) is 12.1 Å². The van der Waals surface area contributed by atoms with Gasteiger partial charge in [-0.25, -0.2) is 4.98 Å². The molecule has 2 heterocycles. The van der Waals surface area contributed by atoms with E-state index in [-0.39, 0.29) is 5.91 Å². The Bertz CT molecular complexity index is 654. The van der Waals surface area contributed by atoms with Crippen molar-refractivity contribution < 1.29 is 4.79 Å². The van der Waals surface area contributed by atoms with E-state index in [0.29, 0.717) is 30.4 Å². The van der Waals surface area contributed by atoms with Crippen LogP contribution in [0.5, 0.6) is 0 Å². The summed E-state index contributed by atoms with van der Waals surface area (Å²) in [5.41, 5.74) is 14.0. The molecule has 4 N–H and O–H groups in total. The molecular weight excluding hydrogens is 264 g/mol. The van der Waals surface area contributed by atoms with Crippen molar-refractivity contribution in [2.24, 2.45) is 5.73 Å². The third-order valence-corrected chi connectivity index (χ3v) is 3.86. The summed E-state index contributed by atoms with van der Waals surface area (Å²) >= 11 is 0. The van der Waals surface area contributed by atoms with Gasteiger partial charge in [-0.2, -0.15) is 0 Å². The number of carbonyl (C=O) groups excluding carboxylic acids is 1. The normalized spacial score (nSPS) is 16.8. The number of aromatic nitrogens is 1. The van der Waals surface area contributed by atoms with E-state index in [9.17, 15) is 4.79 Å². The number of carbonyl (C=O) groups is 1. The Morgan fingerprint density at radius 1 is 1.29 bits per heavy atom. The summed E-state index contributed by atoms with van der Waals surface area (Å²) in [7, 11) is 0. The predicted octanol–water partition coefficient (Wildman–Crippen LogP) is 1.76. The zero-order chi connectivity index (χ0) is 14.8. The molecule has 1 amide bonds. The molecule has 108 valence electrons. The molecule has 3 rings (SSSR count).